The van der Waals surface area contributed by atoms with Gasteiger partial charge in [-0.3, -0.25) is 9.69 Å². The van der Waals surface area contributed by atoms with Crippen molar-refractivity contribution in [3.63, 3.8) is 0 Å². The quantitative estimate of drug-likeness (QED) is 0.0426. The molecule has 0 saturated carbocycles. The lowest BCUT2D eigenvalue weighted by Gasteiger charge is -2.43. The summed E-state index contributed by atoms with van der Waals surface area (Å²) in [5.41, 5.74) is 5.86. The first-order valence-corrected chi connectivity index (χ1v) is 24.3. The molecular formula is C57H58N6O9. The van der Waals surface area contributed by atoms with Crippen LogP contribution in [-0.2, 0) is 29.2 Å². The van der Waals surface area contributed by atoms with Gasteiger partial charge in [0.1, 0.15) is 30.8 Å². The molecule has 3 fully saturated rings. The van der Waals surface area contributed by atoms with Crippen LogP contribution in [0.3, 0.4) is 0 Å². The number of nitrogens with one attached hydrogen (secondary N) is 4. The van der Waals surface area contributed by atoms with Gasteiger partial charge in [-0.15, -0.1) is 0 Å². The molecule has 0 radical (unpaired) electrons. The highest BCUT2D eigenvalue weighted by atomic mass is 16.6. The summed E-state index contributed by atoms with van der Waals surface area (Å²) in [7, 11) is 0. The zero-order valence-electron chi connectivity index (χ0n) is 39.7. The minimum atomic E-state index is -0.904. The summed E-state index contributed by atoms with van der Waals surface area (Å²) in [6, 6.07) is 46.5. The number of ether oxygens (including phenoxy) is 3. The molecule has 6 N–H and O–H groups in total. The summed E-state index contributed by atoms with van der Waals surface area (Å²) in [6.45, 7) is 4.18. The maximum atomic E-state index is 13.7. The van der Waals surface area contributed by atoms with E-state index in [1.165, 1.54) is 12.1 Å². The number of nitrogens with zero attached hydrogens (tertiary/aromatic N) is 2. The van der Waals surface area contributed by atoms with Crippen molar-refractivity contribution in [1.82, 2.24) is 25.4 Å². The molecule has 1 aromatic heterocycles. The fraction of sp³-hybridized carbons (Fsp3) is 0.263. The second kappa shape index (κ2) is 23.3. The fourth-order valence-electron chi connectivity index (χ4n) is 9.34. The molecule has 3 saturated heterocycles. The number of aromatic hydroxyl groups is 1. The van der Waals surface area contributed by atoms with Crippen molar-refractivity contribution in [2.24, 2.45) is 5.92 Å². The number of amides is 3. The molecule has 72 heavy (non-hydrogen) atoms. The Hall–Kier alpha value is -7.98. The number of carbonyl (C=O) groups is 3. The lowest BCUT2D eigenvalue weighted by Crippen LogP contribution is -2.52. The van der Waals surface area contributed by atoms with Gasteiger partial charge in [0, 0.05) is 43.3 Å². The molecule has 0 aliphatic carbocycles. The average Bonchev–Trinajstić information content (AvgIpc) is 3.41. The van der Waals surface area contributed by atoms with E-state index in [-0.39, 0.29) is 61.8 Å². The number of carbonyl (C=O) groups excluding carboxylic acids is 3. The van der Waals surface area contributed by atoms with E-state index in [0.29, 0.717) is 40.4 Å². The Kier molecular flexibility index (Phi) is 15.9. The number of H-pyrrole nitrogens is 1. The Morgan fingerprint density at radius 1 is 0.778 bits per heavy atom. The first-order valence-electron chi connectivity index (χ1n) is 24.3. The molecule has 4 heterocycles. The molecule has 3 aliphatic heterocycles. The van der Waals surface area contributed by atoms with Crippen LogP contribution >= 0.6 is 0 Å². The number of pyridine rings is 1. The number of aliphatic hydroxyl groups is 1. The third-order valence-corrected chi connectivity index (χ3v) is 13.3. The Labute approximate surface area is 417 Å². The number of piperidine rings is 3. The molecule has 15 heteroatoms. The minimum Gasteiger partial charge on any atom is -0.506 e. The van der Waals surface area contributed by atoms with Crippen LogP contribution in [0.15, 0.2) is 163 Å². The molecule has 6 aromatic carbocycles. The van der Waals surface area contributed by atoms with Crippen molar-refractivity contribution in [3.05, 3.63) is 207 Å². The van der Waals surface area contributed by atoms with Crippen molar-refractivity contribution in [2.45, 2.75) is 50.8 Å². The number of aliphatic hydroxyl groups excluding tert-OH is 1. The molecule has 2 bridgehead atoms. The van der Waals surface area contributed by atoms with Crippen LogP contribution in [0, 0.1) is 5.92 Å². The van der Waals surface area contributed by atoms with Gasteiger partial charge in [-0.1, -0.05) is 103 Å². The molecule has 7 aromatic rings. The van der Waals surface area contributed by atoms with Crippen LogP contribution in [0.4, 0.5) is 15.3 Å². The maximum Gasteiger partial charge on any atom is 0.408 e. The number of aromatic nitrogens is 1. The van der Waals surface area contributed by atoms with E-state index < -0.39 is 24.2 Å². The van der Waals surface area contributed by atoms with Crippen LogP contribution in [0.25, 0.3) is 10.9 Å². The van der Waals surface area contributed by atoms with Crippen LogP contribution in [-0.4, -0.2) is 88.5 Å². The van der Waals surface area contributed by atoms with E-state index in [1.54, 1.807) is 41.3 Å². The monoisotopic (exact) mass is 970 g/mol. The summed E-state index contributed by atoms with van der Waals surface area (Å²) in [6.07, 6.45) is 0.654. The number of anilines is 1. The second-order valence-electron chi connectivity index (χ2n) is 18.2. The van der Waals surface area contributed by atoms with E-state index >= 15 is 0 Å². The van der Waals surface area contributed by atoms with Crippen molar-refractivity contribution < 1.29 is 38.8 Å². The maximum absolute atomic E-state index is 13.7. The first-order chi connectivity index (χ1) is 35.1. The zero-order chi connectivity index (χ0) is 49.8. The number of alkyl carbamates (subject to hydrolysis) is 1. The van der Waals surface area contributed by atoms with Crippen molar-refractivity contribution >= 4 is 34.7 Å². The number of hydrogen-bond donors (Lipinski definition) is 6. The minimum absolute atomic E-state index is 0.0368. The van der Waals surface area contributed by atoms with Crippen LogP contribution in [0.1, 0.15) is 68.7 Å². The van der Waals surface area contributed by atoms with Crippen molar-refractivity contribution in [2.75, 3.05) is 44.6 Å². The largest absolute Gasteiger partial charge is 0.506 e. The van der Waals surface area contributed by atoms with Gasteiger partial charge in [-0.05, 0) is 114 Å². The molecule has 3 aliphatic rings. The number of phenolic OH excluding ortho intramolecular Hbond substituents is 1. The summed E-state index contributed by atoms with van der Waals surface area (Å²) in [4.78, 5) is 58.5. The fourth-order valence-corrected chi connectivity index (χ4v) is 9.34. The number of esters is 1. The average molecular weight is 971 g/mol. The van der Waals surface area contributed by atoms with Crippen molar-refractivity contribution in [3.8, 4) is 11.5 Å². The number of phenols is 1. The smallest absolute Gasteiger partial charge is 0.408 e. The molecule has 370 valence electrons. The van der Waals surface area contributed by atoms with Gasteiger partial charge in [-0.2, -0.15) is 0 Å². The van der Waals surface area contributed by atoms with Gasteiger partial charge in [0.25, 0.3) is 0 Å². The summed E-state index contributed by atoms with van der Waals surface area (Å²) >= 11 is 0. The number of aromatic amines is 1. The Bertz CT molecular complexity index is 3000. The standard InChI is InChI=1S/C57H58N6O9/c64-49-24-22-47(48-23-25-52(66)60-54(48)49)50(65)34-58-33-38-16-20-45(21-17-38)59-56(68)63(35-39-8-3-1-4-9-39)30-31-70-55(67)43-18-14-40(15-19-43)37-71-46-13-7-12-44(32-46)53(42-10-5-2-6-11-42)61-57(69)72-51-36-62-28-26-41(51)27-29-62/h1-25,32,41,50-51,53,58,64-65H,26-31,33-37H2,(H,59,68)(H,60,66)(H,61,69)/t50-,51+,53?/m1/s1. The molecular weight excluding hydrogens is 913 g/mol. The molecule has 1 unspecified atom stereocenters. The highest BCUT2D eigenvalue weighted by Gasteiger charge is 2.37. The SMILES string of the molecule is O=C(NC(c1ccccc1)c1cccc(OCc2ccc(C(=O)OCCN(Cc3ccccc3)C(=O)Nc3ccc(CNC[C@@H](O)c4ccc(O)c5[nH]c(=O)ccc45)cc3)cc2)c1)O[C@H]1CN2CCC1CC2. The van der Waals surface area contributed by atoms with Gasteiger partial charge in [0.2, 0.25) is 5.56 Å². The molecule has 10 rings (SSSR count). The van der Waals surface area contributed by atoms with Gasteiger partial charge in [-0.25, -0.2) is 14.4 Å². The van der Waals surface area contributed by atoms with Crippen LogP contribution < -0.4 is 26.2 Å². The molecule has 3 amide bonds. The molecule has 0 spiro atoms. The van der Waals surface area contributed by atoms with Crippen LogP contribution in [0.5, 0.6) is 11.5 Å². The van der Waals surface area contributed by atoms with E-state index in [2.05, 4.69) is 25.8 Å². The predicted octanol–water partition coefficient (Wildman–Crippen LogP) is 8.44. The third-order valence-electron chi connectivity index (χ3n) is 13.3. The van der Waals surface area contributed by atoms with Crippen molar-refractivity contribution in [1.29, 1.82) is 0 Å². The van der Waals surface area contributed by atoms with Gasteiger partial charge >= 0.3 is 18.1 Å². The van der Waals surface area contributed by atoms with E-state index in [1.807, 2.05) is 109 Å². The number of benzene rings is 6. The number of rotatable bonds is 19. The lowest BCUT2D eigenvalue weighted by atomic mass is 9.86. The second-order valence-corrected chi connectivity index (χ2v) is 18.2. The zero-order valence-corrected chi connectivity index (χ0v) is 39.7. The normalized spacial score (nSPS) is 16.8. The Morgan fingerprint density at radius 3 is 2.24 bits per heavy atom. The summed E-state index contributed by atoms with van der Waals surface area (Å²) in [5.74, 6) is 0.425. The lowest BCUT2D eigenvalue weighted by molar-refractivity contribution is -0.0336. The summed E-state index contributed by atoms with van der Waals surface area (Å²) in [5, 5.41) is 31.0. The number of hydrogen-bond acceptors (Lipinski definition) is 11. The van der Waals surface area contributed by atoms with E-state index in [9.17, 15) is 29.4 Å². The van der Waals surface area contributed by atoms with Gasteiger partial charge in [0.15, 0.2) is 0 Å². The van der Waals surface area contributed by atoms with Crippen LogP contribution in [0.2, 0.25) is 0 Å². The number of urea groups is 1. The molecule has 15 nitrogen and oxygen atoms in total. The topological polar surface area (TPSA) is 195 Å². The van der Waals surface area contributed by atoms with Gasteiger partial charge < -0.3 is 50.3 Å². The van der Waals surface area contributed by atoms with E-state index in [4.69, 9.17) is 14.2 Å². The van der Waals surface area contributed by atoms with E-state index in [0.717, 1.165) is 60.3 Å². The highest BCUT2D eigenvalue weighted by molar-refractivity contribution is 5.90. The predicted molar refractivity (Wildman–Crippen MR) is 274 cm³/mol. The Morgan fingerprint density at radius 2 is 1.50 bits per heavy atom. The highest BCUT2D eigenvalue weighted by Crippen LogP contribution is 2.32. The Balaban J connectivity index is 0.751. The third kappa shape index (κ3) is 12.7. The first kappa shape index (κ1) is 49.0. The van der Waals surface area contributed by atoms with Gasteiger partial charge in [0.05, 0.1) is 29.8 Å². The molecule has 3 atom stereocenters. The number of fused-ring (bicyclic) bond motifs is 4. The summed E-state index contributed by atoms with van der Waals surface area (Å²) < 4.78 is 17.9.